The zero-order chi connectivity index (χ0) is 30.0. The fourth-order valence-electron chi connectivity index (χ4n) is 4.74. The Kier molecular flexibility index (Phi) is 11.8. The van der Waals surface area contributed by atoms with Crippen LogP contribution in [0.15, 0.2) is 72.8 Å². The van der Waals surface area contributed by atoms with Gasteiger partial charge in [0, 0.05) is 37.5 Å². The van der Waals surface area contributed by atoms with E-state index in [9.17, 15) is 18.0 Å². The van der Waals surface area contributed by atoms with Crippen LogP contribution in [0.4, 0.5) is 5.69 Å². The van der Waals surface area contributed by atoms with Gasteiger partial charge in [0.2, 0.25) is 21.8 Å². The summed E-state index contributed by atoms with van der Waals surface area (Å²) in [5.74, 6) is -0.453. The van der Waals surface area contributed by atoms with E-state index in [2.05, 4.69) is 5.32 Å². The van der Waals surface area contributed by atoms with Gasteiger partial charge in [0.15, 0.2) is 0 Å². The van der Waals surface area contributed by atoms with Gasteiger partial charge < -0.3 is 10.2 Å². The summed E-state index contributed by atoms with van der Waals surface area (Å²) in [6, 6.07) is 21.7. The Morgan fingerprint density at radius 1 is 0.951 bits per heavy atom. The van der Waals surface area contributed by atoms with Crippen molar-refractivity contribution in [2.75, 3.05) is 23.7 Å². The molecule has 41 heavy (non-hydrogen) atoms. The van der Waals surface area contributed by atoms with Crippen LogP contribution in [0.2, 0.25) is 5.02 Å². The fraction of sp³-hybridized carbons (Fsp3) is 0.375. The number of carbonyl (C=O) groups is 2. The Balaban J connectivity index is 1.89. The molecule has 0 unspecified atom stereocenters. The third-order valence-electron chi connectivity index (χ3n) is 7.06. The van der Waals surface area contributed by atoms with Crippen LogP contribution in [0.25, 0.3) is 0 Å². The maximum absolute atomic E-state index is 13.9. The van der Waals surface area contributed by atoms with Gasteiger partial charge in [-0.15, -0.1) is 0 Å². The predicted molar refractivity (Wildman–Crippen MR) is 167 cm³/mol. The molecule has 0 saturated carbocycles. The van der Waals surface area contributed by atoms with Crippen LogP contribution in [0.1, 0.15) is 48.4 Å². The van der Waals surface area contributed by atoms with Crippen LogP contribution in [0.3, 0.4) is 0 Å². The number of anilines is 1. The third-order valence-corrected chi connectivity index (χ3v) is 8.47. The van der Waals surface area contributed by atoms with E-state index in [-0.39, 0.29) is 31.3 Å². The van der Waals surface area contributed by atoms with Crippen molar-refractivity contribution in [3.63, 3.8) is 0 Å². The standard InChI is InChI=1S/C32H40ClN3O4S/c1-5-19-34-32(38)30(22-26-13-7-6-8-14-26)35(23-27-15-10-16-28(33)21-27)31(37)18-11-20-36(41(4,39)40)29-17-9-12-24(2)25(29)3/h6-10,12-17,21,30H,5,11,18-20,22-23H2,1-4H3,(H,34,38)/t30-/m1/s1. The van der Waals surface area contributed by atoms with Gasteiger partial charge in [-0.05, 0) is 67.1 Å². The minimum Gasteiger partial charge on any atom is -0.354 e. The lowest BCUT2D eigenvalue weighted by atomic mass is 10.0. The Morgan fingerprint density at radius 3 is 2.29 bits per heavy atom. The monoisotopic (exact) mass is 597 g/mol. The number of halogens is 1. The van der Waals surface area contributed by atoms with Crippen molar-refractivity contribution in [1.29, 1.82) is 0 Å². The second-order valence-corrected chi connectivity index (χ2v) is 12.6. The highest BCUT2D eigenvalue weighted by Gasteiger charge is 2.30. The van der Waals surface area contributed by atoms with Crippen LogP contribution in [-0.4, -0.2) is 50.5 Å². The number of benzene rings is 3. The van der Waals surface area contributed by atoms with Crippen molar-refractivity contribution in [3.8, 4) is 0 Å². The van der Waals surface area contributed by atoms with E-state index in [0.29, 0.717) is 30.1 Å². The molecule has 0 heterocycles. The summed E-state index contributed by atoms with van der Waals surface area (Å²) < 4.78 is 26.8. The van der Waals surface area contributed by atoms with E-state index in [1.807, 2.05) is 75.4 Å². The molecule has 1 N–H and O–H groups in total. The lowest BCUT2D eigenvalue weighted by Crippen LogP contribution is -2.50. The van der Waals surface area contributed by atoms with Crippen LogP contribution in [0.5, 0.6) is 0 Å². The first-order chi connectivity index (χ1) is 19.5. The molecule has 0 spiro atoms. The van der Waals surface area contributed by atoms with E-state index in [0.717, 1.165) is 28.7 Å². The highest BCUT2D eigenvalue weighted by atomic mass is 35.5. The molecule has 7 nitrogen and oxygen atoms in total. The zero-order valence-electron chi connectivity index (χ0n) is 24.3. The fourth-order valence-corrected chi connectivity index (χ4v) is 5.97. The summed E-state index contributed by atoms with van der Waals surface area (Å²) in [6.45, 7) is 6.65. The van der Waals surface area contributed by atoms with Crippen molar-refractivity contribution in [2.45, 2.75) is 59.0 Å². The average molecular weight is 598 g/mol. The van der Waals surface area contributed by atoms with Gasteiger partial charge in [-0.3, -0.25) is 13.9 Å². The van der Waals surface area contributed by atoms with Gasteiger partial charge in [0.1, 0.15) is 6.04 Å². The van der Waals surface area contributed by atoms with E-state index in [4.69, 9.17) is 11.6 Å². The number of nitrogens with zero attached hydrogens (tertiary/aromatic N) is 2. The number of aryl methyl sites for hydroxylation is 1. The van der Waals surface area contributed by atoms with Gasteiger partial charge in [-0.25, -0.2) is 8.42 Å². The number of amides is 2. The van der Waals surface area contributed by atoms with E-state index in [1.54, 1.807) is 23.1 Å². The number of nitrogens with one attached hydrogen (secondary N) is 1. The van der Waals surface area contributed by atoms with Gasteiger partial charge in [-0.1, -0.05) is 73.1 Å². The number of hydrogen-bond donors (Lipinski definition) is 1. The maximum atomic E-state index is 13.9. The smallest absolute Gasteiger partial charge is 0.243 e. The zero-order valence-corrected chi connectivity index (χ0v) is 25.8. The minimum absolute atomic E-state index is 0.0732. The first-order valence-corrected chi connectivity index (χ1v) is 16.1. The molecule has 9 heteroatoms. The Bertz CT molecular complexity index is 1430. The van der Waals surface area contributed by atoms with Gasteiger partial charge in [0.05, 0.1) is 11.9 Å². The maximum Gasteiger partial charge on any atom is 0.243 e. The molecule has 0 fully saturated rings. The molecular weight excluding hydrogens is 558 g/mol. The summed E-state index contributed by atoms with van der Waals surface area (Å²) >= 11 is 6.25. The molecule has 1 atom stereocenters. The van der Waals surface area contributed by atoms with Crippen molar-refractivity contribution in [3.05, 3.63) is 100 Å². The first-order valence-electron chi connectivity index (χ1n) is 13.9. The molecule has 0 aliphatic rings. The van der Waals surface area contributed by atoms with E-state index < -0.39 is 16.1 Å². The van der Waals surface area contributed by atoms with E-state index in [1.165, 1.54) is 10.6 Å². The van der Waals surface area contributed by atoms with Crippen LogP contribution < -0.4 is 9.62 Å². The number of sulfonamides is 1. The molecule has 0 aromatic heterocycles. The molecule has 0 aliphatic carbocycles. The van der Waals surface area contributed by atoms with E-state index >= 15 is 0 Å². The van der Waals surface area contributed by atoms with Crippen LogP contribution >= 0.6 is 11.6 Å². The Hall–Kier alpha value is -3.36. The largest absolute Gasteiger partial charge is 0.354 e. The number of carbonyl (C=O) groups excluding carboxylic acids is 2. The molecular formula is C32H40ClN3O4S. The second-order valence-electron chi connectivity index (χ2n) is 10.3. The van der Waals surface area contributed by atoms with Gasteiger partial charge in [0.25, 0.3) is 0 Å². The van der Waals surface area contributed by atoms with Crippen LogP contribution in [0, 0.1) is 13.8 Å². The Labute approximate surface area is 249 Å². The molecule has 0 saturated heterocycles. The van der Waals surface area contributed by atoms with Crippen molar-refractivity contribution >= 4 is 39.1 Å². The molecule has 3 rings (SSSR count). The molecule has 220 valence electrons. The average Bonchev–Trinajstić information content (AvgIpc) is 2.93. The van der Waals surface area contributed by atoms with Gasteiger partial charge in [-0.2, -0.15) is 0 Å². The summed E-state index contributed by atoms with van der Waals surface area (Å²) in [4.78, 5) is 28.9. The SMILES string of the molecule is CCCNC(=O)[C@@H](Cc1ccccc1)N(Cc1cccc(Cl)c1)C(=O)CCCN(c1cccc(C)c1C)S(C)(=O)=O. The highest BCUT2D eigenvalue weighted by Crippen LogP contribution is 2.26. The predicted octanol–water partition coefficient (Wildman–Crippen LogP) is 5.67. The summed E-state index contributed by atoms with van der Waals surface area (Å²) in [5.41, 5.74) is 4.22. The summed E-state index contributed by atoms with van der Waals surface area (Å²) in [5, 5.41) is 3.51. The minimum atomic E-state index is -3.58. The molecule has 0 bridgehead atoms. The molecule has 0 radical (unpaired) electrons. The highest BCUT2D eigenvalue weighted by molar-refractivity contribution is 7.92. The topological polar surface area (TPSA) is 86.8 Å². The van der Waals surface area contributed by atoms with Crippen LogP contribution in [-0.2, 0) is 32.6 Å². The number of rotatable bonds is 14. The lowest BCUT2D eigenvalue weighted by molar-refractivity contribution is -0.141. The summed E-state index contributed by atoms with van der Waals surface area (Å²) in [6.07, 6.45) is 2.66. The number of hydrogen-bond acceptors (Lipinski definition) is 4. The van der Waals surface area contributed by atoms with Crippen molar-refractivity contribution < 1.29 is 18.0 Å². The summed E-state index contributed by atoms with van der Waals surface area (Å²) in [7, 11) is -3.58. The second kappa shape index (κ2) is 15.0. The first kappa shape index (κ1) is 32.2. The Morgan fingerprint density at radius 2 is 1.63 bits per heavy atom. The van der Waals surface area contributed by atoms with Gasteiger partial charge >= 0.3 is 0 Å². The van der Waals surface area contributed by atoms with Crippen molar-refractivity contribution in [1.82, 2.24) is 10.2 Å². The van der Waals surface area contributed by atoms with Crippen molar-refractivity contribution in [2.24, 2.45) is 0 Å². The third kappa shape index (κ3) is 9.33. The normalized spacial score (nSPS) is 12.0. The molecule has 3 aromatic rings. The molecule has 2 amide bonds. The lowest BCUT2D eigenvalue weighted by Gasteiger charge is -2.32. The quantitative estimate of drug-likeness (QED) is 0.259. The molecule has 3 aromatic carbocycles. The molecule has 0 aliphatic heterocycles.